The van der Waals surface area contributed by atoms with Crippen molar-refractivity contribution in [1.82, 2.24) is 0 Å². The van der Waals surface area contributed by atoms with Gasteiger partial charge in [0.15, 0.2) is 6.10 Å². The second-order valence-electron chi connectivity index (χ2n) is 23.0. The number of phosphoric ester groups is 1. The van der Waals surface area contributed by atoms with E-state index in [-0.39, 0.29) is 32.6 Å². The molecule has 0 aromatic rings. The van der Waals surface area contributed by atoms with E-state index in [0.29, 0.717) is 12.8 Å². The van der Waals surface area contributed by atoms with Gasteiger partial charge in [0.2, 0.25) is 0 Å². The number of allylic oxidation sites excluding steroid dienone is 28. The quantitative estimate of drug-likeness (QED) is 0.0264. The number of unbranched alkanes of at least 4 members (excludes halogenated alkanes) is 24. The topological polar surface area (TPSA) is 134 Å². The van der Waals surface area contributed by atoms with Crippen LogP contribution < -0.4 is 5.73 Å². The Balaban J connectivity index is 3.94. The first-order valence-electron chi connectivity index (χ1n) is 35.6. The third-order valence-corrected chi connectivity index (χ3v) is 15.6. The predicted octanol–water partition coefficient (Wildman–Crippen LogP) is 23.7. The van der Waals surface area contributed by atoms with Gasteiger partial charge in [0, 0.05) is 19.4 Å². The number of esters is 2. The highest BCUT2D eigenvalue weighted by Crippen LogP contribution is 2.43. The van der Waals surface area contributed by atoms with Crippen molar-refractivity contribution < 1.29 is 37.6 Å². The Morgan fingerprint density at radius 1 is 0.337 bits per heavy atom. The van der Waals surface area contributed by atoms with Gasteiger partial charge in [-0.2, -0.15) is 0 Å². The number of carbonyl (C=O) groups is 2. The highest BCUT2D eigenvalue weighted by molar-refractivity contribution is 7.47. The SMILES string of the molecule is CC/C=C\C/C=C\C/C=C\C/C=C\C/C=C\C/C=C\C/C=C\C/C=C\C/C=C\CCCC(=O)OC(COC(=O)CCCCCCCCCCCCCCCCCCCCCCCCC/C=C\C/C=C\C/C=C\C/C=C\C/C=C\CC)COP(=O)(O)OCCN. The van der Waals surface area contributed by atoms with E-state index in [0.717, 1.165) is 109 Å². The molecule has 504 valence electrons. The number of hydrogen-bond donors (Lipinski definition) is 2. The number of nitrogens with two attached hydrogens (primary N) is 1. The molecule has 0 aliphatic carbocycles. The summed E-state index contributed by atoms with van der Waals surface area (Å²) in [6.45, 7) is 3.45. The third kappa shape index (κ3) is 72.3. The molecule has 0 aliphatic rings. The Morgan fingerprint density at radius 2 is 0.596 bits per heavy atom. The van der Waals surface area contributed by atoms with Crippen molar-refractivity contribution >= 4 is 19.8 Å². The van der Waals surface area contributed by atoms with E-state index in [1.54, 1.807) is 0 Å². The van der Waals surface area contributed by atoms with E-state index in [1.165, 1.54) is 135 Å². The summed E-state index contributed by atoms with van der Waals surface area (Å²) in [5.74, 6) is -0.900. The van der Waals surface area contributed by atoms with Crippen molar-refractivity contribution in [2.75, 3.05) is 26.4 Å². The van der Waals surface area contributed by atoms with Crippen molar-refractivity contribution in [3.05, 3.63) is 170 Å². The Bertz CT molecular complexity index is 2070. The lowest BCUT2D eigenvalue weighted by atomic mass is 10.0. The van der Waals surface area contributed by atoms with Crippen LogP contribution in [0.15, 0.2) is 170 Å². The molecular formula is C79H130NO8P. The zero-order valence-electron chi connectivity index (χ0n) is 56.6. The van der Waals surface area contributed by atoms with Crippen LogP contribution in [0.5, 0.6) is 0 Å². The monoisotopic (exact) mass is 1250 g/mol. The molecule has 0 aromatic heterocycles. The summed E-state index contributed by atoms with van der Waals surface area (Å²) in [4.78, 5) is 35.3. The van der Waals surface area contributed by atoms with Crippen LogP contribution in [-0.4, -0.2) is 49.3 Å². The van der Waals surface area contributed by atoms with Crippen molar-refractivity contribution in [3.8, 4) is 0 Å². The molecule has 10 heteroatoms. The van der Waals surface area contributed by atoms with Crippen LogP contribution in [0.1, 0.15) is 284 Å². The second kappa shape index (κ2) is 72.4. The molecule has 89 heavy (non-hydrogen) atoms. The van der Waals surface area contributed by atoms with Gasteiger partial charge in [-0.25, -0.2) is 4.57 Å². The number of carbonyl (C=O) groups excluding carboxylic acids is 2. The molecule has 0 saturated carbocycles. The van der Waals surface area contributed by atoms with Crippen molar-refractivity contribution in [3.63, 3.8) is 0 Å². The van der Waals surface area contributed by atoms with E-state index in [2.05, 4.69) is 178 Å². The van der Waals surface area contributed by atoms with Gasteiger partial charge >= 0.3 is 19.8 Å². The largest absolute Gasteiger partial charge is 0.472 e. The molecule has 0 saturated heterocycles. The maximum absolute atomic E-state index is 12.7. The maximum Gasteiger partial charge on any atom is 0.472 e. The lowest BCUT2D eigenvalue weighted by Crippen LogP contribution is -2.29. The summed E-state index contributed by atoms with van der Waals surface area (Å²) in [6.07, 6.45) is 108. The van der Waals surface area contributed by atoms with Crippen molar-refractivity contribution in [1.29, 1.82) is 0 Å². The Hall–Kier alpha value is -4.63. The molecule has 0 spiro atoms. The molecule has 2 atom stereocenters. The summed E-state index contributed by atoms with van der Waals surface area (Å²) in [6, 6.07) is 0. The van der Waals surface area contributed by atoms with E-state index in [9.17, 15) is 19.0 Å². The first-order chi connectivity index (χ1) is 43.8. The number of hydrogen-bond acceptors (Lipinski definition) is 8. The fraction of sp³-hybridized carbons (Fsp3) is 0.620. The van der Waals surface area contributed by atoms with Crippen LogP contribution in [0.4, 0.5) is 0 Å². The van der Waals surface area contributed by atoms with Crippen LogP contribution in [0.2, 0.25) is 0 Å². The molecule has 0 rings (SSSR count). The second-order valence-corrected chi connectivity index (χ2v) is 24.4. The first kappa shape index (κ1) is 84.4. The minimum absolute atomic E-state index is 0.0370. The normalized spacial score (nSPS) is 14.0. The van der Waals surface area contributed by atoms with Gasteiger partial charge < -0.3 is 20.1 Å². The minimum atomic E-state index is -4.42. The fourth-order valence-corrected chi connectivity index (χ4v) is 10.2. The van der Waals surface area contributed by atoms with Crippen LogP contribution >= 0.6 is 7.82 Å². The summed E-state index contributed by atoms with van der Waals surface area (Å²) in [7, 11) is -4.42. The number of ether oxygens (including phenoxy) is 2. The van der Waals surface area contributed by atoms with Gasteiger partial charge in [-0.3, -0.25) is 18.6 Å². The molecule has 9 nitrogen and oxygen atoms in total. The molecular weight excluding hydrogens is 1120 g/mol. The third-order valence-electron chi connectivity index (χ3n) is 14.6. The summed E-state index contributed by atoms with van der Waals surface area (Å²) >= 11 is 0. The fourth-order valence-electron chi connectivity index (χ4n) is 9.43. The van der Waals surface area contributed by atoms with Crippen LogP contribution in [0.3, 0.4) is 0 Å². The standard InChI is InChI=1S/C79H130NO8P/c1-3-5-7-9-11-13-15-17-19-21-23-25-27-29-31-33-34-35-36-37-38-39-40-41-42-44-45-47-49-51-53-55-57-59-61-63-65-67-69-71-78(81)85-75-77(76-87-89(83,84)86-74-73-80)88-79(82)72-70-68-66-64-62-60-58-56-54-52-50-48-46-43-32-30-28-26-24-22-20-18-16-14-12-10-8-6-4-2/h5-8,11-14,17-20,23-26,29-32,46,48,52,54,58,60,64,66,77H,3-4,9-10,15-16,21-22,27-28,33-45,47,49-51,53,55-57,59,61-63,65,67-76,80H2,1-2H3,(H,83,84)/b7-5-,8-6-,13-11-,14-12-,19-17-,20-18-,25-23-,26-24-,31-29-,32-30-,48-46-,54-52-,60-58-,66-64-. The zero-order valence-corrected chi connectivity index (χ0v) is 57.5. The summed E-state index contributed by atoms with van der Waals surface area (Å²) in [5, 5.41) is 0. The van der Waals surface area contributed by atoms with Gasteiger partial charge in [-0.1, -0.05) is 319 Å². The van der Waals surface area contributed by atoms with E-state index >= 15 is 0 Å². The molecule has 0 amide bonds. The Morgan fingerprint density at radius 3 is 0.899 bits per heavy atom. The van der Waals surface area contributed by atoms with Gasteiger partial charge in [0.25, 0.3) is 0 Å². The molecule has 0 radical (unpaired) electrons. The van der Waals surface area contributed by atoms with E-state index in [1.807, 2.05) is 6.08 Å². The maximum atomic E-state index is 12.7. The zero-order chi connectivity index (χ0) is 64.4. The molecule has 0 aromatic carbocycles. The molecule has 0 fully saturated rings. The molecule has 2 unspecified atom stereocenters. The first-order valence-corrected chi connectivity index (χ1v) is 37.1. The Labute approximate surface area is 546 Å². The Kier molecular flexibility index (Phi) is 68.7. The minimum Gasteiger partial charge on any atom is -0.462 e. The number of rotatable bonds is 65. The average Bonchev–Trinajstić information content (AvgIpc) is 3.68. The highest BCUT2D eigenvalue weighted by atomic mass is 31.2. The highest BCUT2D eigenvalue weighted by Gasteiger charge is 2.26. The lowest BCUT2D eigenvalue weighted by molar-refractivity contribution is -0.161. The van der Waals surface area contributed by atoms with Crippen molar-refractivity contribution in [2.45, 2.75) is 290 Å². The predicted molar refractivity (Wildman–Crippen MR) is 385 cm³/mol. The van der Waals surface area contributed by atoms with Crippen LogP contribution in [0.25, 0.3) is 0 Å². The van der Waals surface area contributed by atoms with Crippen molar-refractivity contribution in [2.24, 2.45) is 5.73 Å². The molecule has 0 heterocycles. The van der Waals surface area contributed by atoms with Crippen LogP contribution in [0, 0.1) is 0 Å². The van der Waals surface area contributed by atoms with Gasteiger partial charge in [0.1, 0.15) is 6.61 Å². The van der Waals surface area contributed by atoms with E-state index < -0.39 is 32.5 Å². The van der Waals surface area contributed by atoms with Gasteiger partial charge in [-0.05, 0) is 122 Å². The smallest absolute Gasteiger partial charge is 0.462 e. The molecule has 3 N–H and O–H groups in total. The lowest BCUT2D eigenvalue weighted by Gasteiger charge is -2.19. The van der Waals surface area contributed by atoms with Crippen LogP contribution in [-0.2, 0) is 32.7 Å². The number of phosphoric acid groups is 1. The average molecular weight is 1250 g/mol. The van der Waals surface area contributed by atoms with Gasteiger partial charge in [0.05, 0.1) is 13.2 Å². The summed E-state index contributed by atoms with van der Waals surface area (Å²) < 4.78 is 33.1. The van der Waals surface area contributed by atoms with E-state index in [4.69, 9.17) is 24.3 Å². The summed E-state index contributed by atoms with van der Waals surface area (Å²) in [5.41, 5.74) is 5.40. The van der Waals surface area contributed by atoms with Gasteiger partial charge in [-0.15, -0.1) is 0 Å². The molecule has 0 aliphatic heterocycles. The molecule has 0 bridgehead atoms.